The van der Waals surface area contributed by atoms with Gasteiger partial charge in [-0.3, -0.25) is 0 Å². The molecule has 0 radical (unpaired) electrons. The van der Waals surface area contributed by atoms with Crippen LogP contribution in [0.4, 0.5) is 0 Å². The van der Waals surface area contributed by atoms with Crippen LogP contribution in [0, 0.1) is 0 Å². The number of hydrogen-bond acceptors (Lipinski definition) is 11. The third kappa shape index (κ3) is 14.8. The predicted molar refractivity (Wildman–Crippen MR) is 272 cm³/mol. The van der Waals surface area contributed by atoms with Crippen LogP contribution < -0.4 is 0 Å². The Hall–Kier alpha value is -5.90. The summed E-state index contributed by atoms with van der Waals surface area (Å²) in [5, 5.41) is 12.3. The third-order valence-corrected chi connectivity index (χ3v) is 12.7. The van der Waals surface area contributed by atoms with E-state index >= 15 is 0 Å². The Morgan fingerprint density at radius 2 is 0.556 bits per heavy atom. The molecule has 0 amide bonds. The van der Waals surface area contributed by atoms with Crippen molar-refractivity contribution in [1.82, 2.24) is 0 Å². The lowest BCUT2D eigenvalue weighted by molar-refractivity contribution is -0.379. The fraction of sp³-hybridized carbons (Fsp3) is 0.311. The van der Waals surface area contributed by atoms with Gasteiger partial charge in [0, 0.05) is 0 Å². The van der Waals surface area contributed by atoms with Gasteiger partial charge in [0.2, 0.25) is 0 Å². The van der Waals surface area contributed by atoms with Crippen molar-refractivity contribution in [1.29, 1.82) is 0 Å². The summed E-state index contributed by atoms with van der Waals surface area (Å²) >= 11 is 0. The van der Waals surface area contributed by atoms with E-state index in [2.05, 4.69) is 0 Å². The van der Waals surface area contributed by atoms with Crippen LogP contribution in [0.25, 0.3) is 0 Å². The highest BCUT2D eigenvalue weighted by Gasteiger charge is 2.54. The molecular formula is C61H64O11. The molecule has 10 atom stereocenters. The molecule has 2 fully saturated rings. The molecule has 2 aliphatic rings. The van der Waals surface area contributed by atoms with Gasteiger partial charge in [0.1, 0.15) is 48.8 Å². The minimum atomic E-state index is -1.52. The zero-order valence-electron chi connectivity index (χ0n) is 40.4. The van der Waals surface area contributed by atoms with E-state index in [9.17, 15) is 5.11 Å². The van der Waals surface area contributed by atoms with Crippen molar-refractivity contribution in [2.24, 2.45) is 0 Å². The smallest absolute Gasteiger partial charge is 0.187 e. The van der Waals surface area contributed by atoms with E-state index in [0.29, 0.717) is 13.2 Å². The predicted octanol–water partition coefficient (Wildman–Crippen LogP) is 10.2. The Bertz CT molecular complexity index is 2550. The number of aliphatic hydroxyl groups is 1. The molecule has 0 bridgehead atoms. The molecule has 2 heterocycles. The first-order valence-electron chi connectivity index (χ1n) is 24.8. The molecule has 1 unspecified atom stereocenters. The molecule has 9 rings (SSSR count). The minimum absolute atomic E-state index is 0.0999. The molecule has 11 nitrogen and oxygen atoms in total. The van der Waals surface area contributed by atoms with Crippen LogP contribution in [0.5, 0.6) is 0 Å². The van der Waals surface area contributed by atoms with Crippen LogP contribution in [-0.2, 0) is 93.6 Å². The van der Waals surface area contributed by atoms with Gasteiger partial charge in [-0.1, -0.05) is 212 Å². The first-order chi connectivity index (χ1) is 35.6. The molecule has 0 aromatic heterocycles. The number of benzene rings is 7. The SMILES string of the molecule is O[C@H]1O[C@H](COCc2ccccc2)[C@@H](OCc2ccccc2)[C@H](OCc2ccccc2)[C@@H]1OC1O[C@H](COCc2ccccc2)[C@@H](OCc2ccccc2)[C@H](OCc2ccccc2)[C@@H]1OCc1ccccc1. The maximum absolute atomic E-state index is 12.3. The van der Waals surface area contributed by atoms with Crippen molar-refractivity contribution in [3.8, 4) is 0 Å². The van der Waals surface area contributed by atoms with Crippen molar-refractivity contribution < 1.29 is 52.5 Å². The van der Waals surface area contributed by atoms with Gasteiger partial charge in [-0.25, -0.2) is 0 Å². The van der Waals surface area contributed by atoms with Gasteiger partial charge in [-0.05, 0) is 38.9 Å². The van der Waals surface area contributed by atoms with Gasteiger partial charge in [-0.15, -0.1) is 0 Å². The fourth-order valence-corrected chi connectivity index (χ4v) is 8.98. The highest BCUT2D eigenvalue weighted by atomic mass is 16.8. The van der Waals surface area contributed by atoms with Crippen LogP contribution in [0.3, 0.4) is 0 Å². The summed E-state index contributed by atoms with van der Waals surface area (Å²) in [6.45, 7) is 2.01. The van der Waals surface area contributed by atoms with Crippen LogP contribution in [0.15, 0.2) is 212 Å². The number of rotatable bonds is 25. The monoisotopic (exact) mass is 972 g/mol. The highest BCUT2D eigenvalue weighted by molar-refractivity contribution is 5.19. The summed E-state index contributed by atoms with van der Waals surface area (Å²) in [4.78, 5) is 0. The van der Waals surface area contributed by atoms with E-state index < -0.39 is 61.4 Å². The van der Waals surface area contributed by atoms with Gasteiger partial charge in [0.15, 0.2) is 12.6 Å². The van der Waals surface area contributed by atoms with E-state index in [1.54, 1.807) is 0 Å². The second-order valence-corrected chi connectivity index (χ2v) is 18.0. The van der Waals surface area contributed by atoms with Gasteiger partial charge in [-0.2, -0.15) is 0 Å². The van der Waals surface area contributed by atoms with Crippen LogP contribution >= 0.6 is 0 Å². The summed E-state index contributed by atoms with van der Waals surface area (Å²) in [6, 6.07) is 69.6. The van der Waals surface area contributed by atoms with Crippen LogP contribution in [0.2, 0.25) is 0 Å². The number of ether oxygens (including phenoxy) is 10. The quantitative estimate of drug-likeness (QED) is 0.0591. The van der Waals surface area contributed by atoms with Gasteiger partial charge in [0.25, 0.3) is 0 Å². The molecule has 72 heavy (non-hydrogen) atoms. The average molecular weight is 973 g/mol. The Kier molecular flexibility index (Phi) is 19.3. The first-order valence-corrected chi connectivity index (χ1v) is 24.8. The molecule has 0 aliphatic carbocycles. The van der Waals surface area contributed by atoms with E-state index in [-0.39, 0.29) is 46.2 Å². The second kappa shape index (κ2) is 27.2. The van der Waals surface area contributed by atoms with E-state index in [1.165, 1.54) is 0 Å². The zero-order chi connectivity index (χ0) is 49.0. The van der Waals surface area contributed by atoms with Crippen molar-refractivity contribution in [2.75, 3.05) is 13.2 Å². The number of aliphatic hydroxyl groups excluding tert-OH is 1. The Morgan fingerprint density at radius 3 is 0.889 bits per heavy atom. The Labute approximate surface area is 423 Å². The van der Waals surface area contributed by atoms with Gasteiger partial charge in [0.05, 0.1) is 59.5 Å². The second-order valence-electron chi connectivity index (χ2n) is 18.0. The van der Waals surface area contributed by atoms with Crippen molar-refractivity contribution in [3.63, 3.8) is 0 Å². The molecule has 1 N–H and O–H groups in total. The lowest BCUT2D eigenvalue weighted by Gasteiger charge is -2.49. The fourth-order valence-electron chi connectivity index (χ4n) is 8.98. The number of hydrogen-bond donors (Lipinski definition) is 1. The summed E-state index contributed by atoms with van der Waals surface area (Å²) in [5.74, 6) is 0. The molecule has 7 aromatic rings. The van der Waals surface area contributed by atoms with Crippen molar-refractivity contribution in [3.05, 3.63) is 251 Å². The van der Waals surface area contributed by atoms with Crippen LogP contribution in [0.1, 0.15) is 38.9 Å². The molecular weight excluding hydrogens is 909 g/mol. The molecule has 374 valence electrons. The van der Waals surface area contributed by atoms with E-state index in [4.69, 9.17) is 47.4 Å². The van der Waals surface area contributed by atoms with Gasteiger partial charge >= 0.3 is 0 Å². The largest absolute Gasteiger partial charge is 0.374 e. The maximum atomic E-state index is 12.3. The topological polar surface area (TPSA) is 113 Å². The minimum Gasteiger partial charge on any atom is -0.374 e. The molecule has 11 heteroatoms. The van der Waals surface area contributed by atoms with Crippen molar-refractivity contribution >= 4 is 0 Å². The average Bonchev–Trinajstić information content (AvgIpc) is 3.43. The Balaban J connectivity index is 1.07. The van der Waals surface area contributed by atoms with Gasteiger partial charge < -0.3 is 52.5 Å². The summed E-state index contributed by atoms with van der Waals surface area (Å²) in [7, 11) is 0. The van der Waals surface area contributed by atoms with E-state index in [0.717, 1.165) is 38.9 Å². The van der Waals surface area contributed by atoms with Crippen molar-refractivity contribution in [2.45, 2.75) is 108 Å². The Morgan fingerprint density at radius 1 is 0.292 bits per heavy atom. The molecule has 0 spiro atoms. The highest BCUT2D eigenvalue weighted by Crippen LogP contribution is 2.36. The molecule has 0 saturated carbocycles. The lowest BCUT2D eigenvalue weighted by atomic mass is 9.96. The normalized spacial score (nSPS) is 24.2. The molecule has 7 aromatic carbocycles. The molecule has 2 saturated heterocycles. The van der Waals surface area contributed by atoms with E-state index in [1.807, 2.05) is 212 Å². The first kappa shape index (κ1) is 51.0. The standard InChI is InChI=1S/C61H64O11/c62-60-58(56(67-40-49-30-16-5-17-31-49)54(65-38-47-26-12-3-13-27-47)52(70-60)43-63-36-45-22-8-1-9-23-45)72-61-59(69-42-51-34-20-7-21-35-51)57(68-41-50-32-18-6-19-33-50)55(66-39-48-28-14-4-15-29-48)53(71-61)44-64-37-46-24-10-2-11-25-46/h1-35,52-62H,36-44H2/t52-,53-,54-,55-,56+,57+,58+,59+,60+,61?/m1/s1. The third-order valence-electron chi connectivity index (χ3n) is 12.7. The summed E-state index contributed by atoms with van der Waals surface area (Å²) in [6.07, 6.45) is -9.48. The zero-order valence-corrected chi connectivity index (χ0v) is 40.4. The van der Waals surface area contributed by atoms with Crippen LogP contribution in [-0.4, -0.2) is 79.7 Å². The maximum Gasteiger partial charge on any atom is 0.187 e. The summed E-state index contributed by atoms with van der Waals surface area (Å²) < 4.78 is 68.3. The molecule has 2 aliphatic heterocycles. The lowest BCUT2D eigenvalue weighted by Crippen LogP contribution is -2.66. The summed E-state index contributed by atoms with van der Waals surface area (Å²) in [5.41, 5.74) is 6.77.